The number of benzene rings is 1. The van der Waals surface area contributed by atoms with E-state index < -0.39 is 0 Å². The minimum Gasteiger partial charge on any atom is -0.397 e. The Morgan fingerprint density at radius 3 is 2.71 bits per heavy atom. The molecule has 3 N–H and O–H groups in total. The van der Waals surface area contributed by atoms with Gasteiger partial charge in [-0.25, -0.2) is 4.39 Å². The molecule has 1 aromatic carbocycles. The summed E-state index contributed by atoms with van der Waals surface area (Å²) in [6.07, 6.45) is 5.12. The summed E-state index contributed by atoms with van der Waals surface area (Å²) in [4.78, 5) is 0. The number of rotatable bonds is 3. The molecule has 1 aliphatic rings. The van der Waals surface area contributed by atoms with Crippen LogP contribution in [0.5, 0.6) is 0 Å². The van der Waals surface area contributed by atoms with Gasteiger partial charge in [0.25, 0.3) is 0 Å². The van der Waals surface area contributed by atoms with Crippen molar-refractivity contribution in [3.05, 3.63) is 22.4 Å². The summed E-state index contributed by atoms with van der Waals surface area (Å²) >= 11 is 3.18. The Balaban J connectivity index is 2.06. The number of nitrogens with two attached hydrogens (primary N) is 1. The lowest BCUT2D eigenvalue weighted by Crippen LogP contribution is -2.23. The highest BCUT2D eigenvalue weighted by Crippen LogP contribution is 2.38. The van der Waals surface area contributed by atoms with E-state index in [1.54, 1.807) is 6.07 Å². The molecule has 0 bridgehead atoms. The lowest BCUT2D eigenvalue weighted by Gasteiger charge is -2.25. The van der Waals surface area contributed by atoms with E-state index in [4.69, 9.17) is 5.73 Å². The third-order valence-electron chi connectivity index (χ3n) is 3.61. The van der Waals surface area contributed by atoms with Gasteiger partial charge in [-0.3, -0.25) is 0 Å². The van der Waals surface area contributed by atoms with E-state index in [-0.39, 0.29) is 5.82 Å². The molecule has 0 saturated heterocycles. The van der Waals surface area contributed by atoms with Crippen molar-refractivity contribution in [1.29, 1.82) is 0 Å². The quantitative estimate of drug-likeness (QED) is 0.823. The van der Waals surface area contributed by atoms with Crippen LogP contribution >= 0.6 is 15.9 Å². The van der Waals surface area contributed by atoms with Gasteiger partial charge in [-0.1, -0.05) is 19.8 Å². The Morgan fingerprint density at radius 1 is 1.41 bits per heavy atom. The van der Waals surface area contributed by atoms with Crippen LogP contribution in [0.2, 0.25) is 0 Å². The molecule has 0 aromatic heterocycles. The molecule has 94 valence electrons. The van der Waals surface area contributed by atoms with Crippen LogP contribution < -0.4 is 11.1 Å². The molecule has 17 heavy (non-hydrogen) atoms. The van der Waals surface area contributed by atoms with Gasteiger partial charge >= 0.3 is 0 Å². The van der Waals surface area contributed by atoms with Crippen molar-refractivity contribution in [3.63, 3.8) is 0 Å². The summed E-state index contributed by atoms with van der Waals surface area (Å²) in [6, 6.07) is 3.06. The van der Waals surface area contributed by atoms with Crippen molar-refractivity contribution in [3.8, 4) is 0 Å². The second-order valence-corrected chi connectivity index (χ2v) is 6.08. The van der Waals surface area contributed by atoms with Gasteiger partial charge in [0, 0.05) is 12.6 Å². The van der Waals surface area contributed by atoms with Gasteiger partial charge in [0.05, 0.1) is 15.8 Å². The average Bonchev–Trinajstić information content (AvgIpc) is 2.69. The topological polar surface area (TPSA) is 38.0 Å². The van der Waals surface area contributed by atoms with E-state index in [9.17, 15) is 4.39 Å². The first-order valence-electron chi connectivity index (χ1n) is 5.99. The minimum atomic E-state index is -0.319. The Labute approximate surface area is 110 Å². The summed E-state index contributed by atoms with van der Waals surface area (Å²) in [5.41, 5.74) is 7.43. The Kier molecular flexibility index (Phi) is 3.61. The van der Waals surface area contributed by atoms with E-state index in [2.05, 4.69) is 28.2 Å². The first-order chi connectivity index (χ1) is 8.00. The molecule has 1 aliphatic carbocycles. The standard InChI is InChI=1S/C13H18BrFN2/c1-13(4-2-3-5-13)8-17-12-6-9(14)10(15)7-11(12)16/h6-7,17H,2-5,8,16H2,1H3. The lowest BCUT2D eigenvalue weighted by atomic mass is 9.89. The summed E-state index contributed by atoms with van der Waals surface area (Å²) in [7, 11) is 0. The van der Waals surface area contributed by atoms with E-state index >= 15 is 0 Å². The third kappa shape index (κ3) is 2.92. The summed E-state index contributed by atoms with van der Waals surface area (Å²) in [5, 5.41) is 3.34. The first kappa shape index (κ1) is 12.7. The van der Waals surface area contributed by atoms with E-state index in [0.717, 1.165) is 12.2 Å². The van der Waals surface area contributed by atoms with Gasteiger partial charge in [0.1, 0.15) is 5.82 Å². The fraction of sp³-hybridized carbons (Fsp3) is 0.538. The molecule has 4 heteroatoms. The fourth-order valence-corrected chi connectivity index (χ4v) is 2.77. The monoisotopic (exact) mass is 300 g/mol. The van der Waals surface area contributed by atoms with Crippen molar-refractivity contribution in [2.45, 2.75) is 32.6 Å². The predicted molar refractivity (Wildman–Crippen MR) is 73.6 cm³/mol. The zero-order valence-corrected chi connectivity index (χ0v) is 11.6. The second kappa shape index (κ2) is 4.84. The Bertz CT molecular complexity index is 414. The van der Waals surface area contributed by atoms with E-state index in [0.29, 0.717) is 15.6 Å². The van der Waals surface area contributed by atoms with E-state index in [1.165, 1.54) is 31.7 Å². The molecule has 0 spiro atoms. The SMILES string of the molecule is CC1(CNc2cc(Br)c(F)cc2N)CCCC1. The number of halogens is 2. The molecular formula is C13H18BrFN2. The Morgan fingerprint density at radius 2 is 2.06 bits per heavy atom. The van der Waals surface area contributed by atoms with Gasteiger partial charge in [0.2, 0.25) is 0 Å². The number of nitrogen functional groups attached to an aromatic ring is 1. The second-order valence-electron chi connectivity index (χ2n) is 5.22. The first-order valence-corrected chi connectivity index (χ1v) is 6.78. The van der Waals surface area contributed by atoms with Crippen LogP contribution in [0.15, 0.2) is 16.6 Å². The highest BCUT2D eigenvalue weighted by molar-refractivity contribution is 9.10. The van der Waals surface area contributed by atoms with Crippen molar-refractivity contribution < 1.29 is 4.39 Å². The van der Waals surface area contributed by atoms with Crippen molar-refractivity contribution >= 4 is 27.3 Å². The maximum atomic E-state index is 13.2. The molecule has 2 rings (SSSR count). The van der Waals surface area contributed by atoms with Crippen molar-refractivity contribution in [1.82, 2.24) is 0 Å². The molecule has 0 atom stereocenters. The number of anilines is 2. The molecule has 1 saturated carbocycles. The molecule has 0 radical (unpaired) electrons. The van der Waals surface area contributed by atoms with Gasteiger partial charge < -0.3 is 11.1 Å². The Hall–Kier alpha value is -0.770. The van der Waals surface area contributed by atoms with Crippen LogP contribution in [-0.4, -0.2) is 6.54 Å². The minimum absolute atomic E-state index is 0.319. The molecule has 1 aromatic rings. The summed E-state index contributed by atoms with van der Waals surface area (Å²) < 4.78 is 13.7. The largest absolute Gasteiger partial charge is 0.397 e. The summed E-state index contributed by atoms with van der Waals surface area (Å²) in [6.45, 7) is 3.19. The smallest absolute Gasteiger partial charge is 0.139 e. The molecule has 0 unspecified atom stereocenters. The van der Waals surface area contributed by atoms with Crippen molar-refractivity contribution in [2.75, 3.05) is 17.6 Å². The normalized spacial score (nSPS) is 18.3. The predicted octanol–water partition coefficient (Wildman–Crippen LogP) is 4.16. The maximum absolute atomic E-state index is 13.2. The van der Waals surface area contributed by atoms with Crippen LogP contribution in [0.1, 0.15) is 32.6 Å². The van der Waals surface area contributed by atoms with Crippen LogP contribution in [0.4, 0.5) is 15.8 Å². The maximum Gasteiger partial charge on any atom is 0.139 e. The van der Waals surface area contributed by atoms with Gasteiger partial charge in [-0.15, -0.1) is 0 Å². The van der Waals surface area contributed by atoms with Crippen LogP contribution in [0, 0.1) is 11.2 Å². The van der Waals surface area contributed by atoms with E-state index in [1.807, 2.05) is 0 Å². The van der Waals surface area contributed by atoms with Crippen LogP contribution in [0.3, 0.4) is 0 Å². The van der Waals surface area contributed by atoms with Gasteiger partial charge in [0.15, 0.2) is 0 Å². The molecule has 0 amide bonds. The molecule has 0 aliphatic heterocycles. The molecule has 1 fully saturated rings. The van der Waals surface area contributed by atoms with Crippen LogP contribution in [0.25, 0.3) is 0 Å². The van der Waals surface area contributed by atoms with Gasteiger partial charge in [-0.05, 0) is 40.3 Å². The van der Waals surface area contributed by atoms with Gasteiger partial charge in [-0.2, -0.15) is 0 Å². The molecule has 2 nitrogen and oxygen atoms in total. The summed E-state index contributed by atoms with van der Waals surface area (Å²) in [5.74, 6) is -0.319. The highest BCUT2D eigenvalue weighted by Gasteiger charge is 2.28. The third-order valence-corrected chi connectivity index (χ3v) is 4.22. The number of hydrogen-bond donors (Lipinski definition) is 2. The average molecular weight is 301 g/mol. The fourth-order valence-electron chi connectivity index (χ4n) is 2.43. The number of nitrogens with one attached hydrogen (secondary N) is 1. The molecular weight excluding hydrogens is 283 g/mol. The van der Waals surface area contributed by atoms with Crippen molar-refractivity contribution in [2.24, 2.45) is 5.41 Å². The zero-order valence-electron chi connectivity index (χ0n) is 10.0. The zero-order chi connectivity index (χ0) is 12.5. The highest BCUT2D eigenvalue weighted by atomic mass is 79.9. The van der Waals surface area contributed by atoms with Crippen LogP contribution in [-0.2, 0) is 0 Å². The number of hydrogen-bond acceptors (Lipinski definition) is 2. The lowest BCUT2D eigenvalue weighted by molar-refractivity contribution is 0.362. The molecule has 0 heterocycles.